The van der Waals surface area contributed by atoms with Gasteiger partial charge in [-0.3, -0.25) is 4.79 Å². The maximum atomic E-state index is 12.5. The molecule has 136 valence electrons. The van der Waals surface area contributed by atoms with E-state index in [9.17, 15) is 4.79 Å². The summed E-state index contributed by atoms with van der Waals surface area (Å²) in [6.45, 7) is 8.13. The lowest BCUT2D eigenvalue weighted by atomic mass is 10.3. The zero-order valence-corrected chi connectivity index (χ0v) is 16.0. The van der Waals surface area contributed by atoms with Crippen molar-refractivity contribution in [3.63, 3.8) is 0 Å². The van der Waals surface area contributed by atoms with Crippen LogP contribution >= 0.6 is 11.8 Å². The fraction of sp³-hybridized carbons (Fsp3) is 0.333. The second kappa shape index (κ2) is 7.74. The first-order valence-electron chi connectivity index (χ1n) is 8.38. The predicted molar refractivity (Wildman–Crippen MR) is 102 cm³/mol. The molecule has 2 heterocycles. The molecule has 2 aromatic heterocycles. The number of hydrogen-bond donors (Lipinski definition) is 1. The second-order valence-electron chi connectivity index (χ2n) is 5.82. The van der Waals surface area contributed by atoms with Gasteiger partial charge in [-0.15, -0.1) is 5.10 Å². The van der Waals surface area contributed by atoms with Crippen molar-refractivity contribution in [2.75, 3.05) is 11.9 Å². The van der Waals surface area contributed by atoms with Crippen molar-refractivity contribution in [1.82, 2.24) is 19.6 Å². The zero-order valence-electron chi connectivity index (χ0n) is 15.2. The quantitative estimate of drug-likeness (QED) is 0.670. The Labute approximate surface area is 156 Å². The van der Waals surface area contributed by atoms with Crippen molar-refractivity contribution >= 4 is 29.1 Å². The molecule has 0 bridgehead atoms. The van der Waals surface area contributed by atoms with Gasteiger partial charge in [-0.05, 0) is 45.9 Å². The second-order valence-corrected chi connectivity index (χ2v) is 7.13. The number of nitrogens with zero attached hydrogens (tertiary/aromatic N) is 4. The van der Waals surface area contributed by atoms with Crippen LogP contribution < -0.4 is 10.1 Å². The highest BCUT2D eigenvalue weighted by Gasteiger charge is 2.19. The summed E-state index contributed by atoms with van der Waals surface area (Å²) in [5.74, 6) is 1.06. The maximum Gasteiger partial charge on any atom is 0.253 e. The van der Waals surface area contributed by atoms with Gasteiger partial charge in [-0.1, -0.05) is 23.9 Å². The van der Waals surface area contributed by atoms with Crippen molar-refractivity contribution in [3.05, 3.63) is 41.7 Å². The third-order valence-electron chi connectivity index (χ3n) is 3.70. The highest BCUT2D eigenvalue weighted by atomic mass is 32.2. The fourth-order valence-electron chi connectivity index (χ4n) is 2.50. The van der Waals surface area contributed by atoms with Gasteiger partial charge in [0.2, 0.25) is 11.1 Å². The zero-order chi connectivity index (χ0) is 18.7. The van der Waals surface area contributed by atoms with Crippen LogP contribution in [0.3, 0.4) is 0 Å². The number of thioether (sulfide) groups is 1. The Morgan fingerprint density at radius 2 is 2.08 bits per heavy atom. The van der Waals surface area contributed by atoms with Crippen LogP contribution in [0.2, 0.25) is 0 Å². The predicted octanol–water partition coefficient (Wildman–Crippen LogP) is 3.26. The molecule has 0 fully saturated rings. The molecule has 0 saturated heterocycles. The number of aryl methyl sites for hydroxylation is 2. The van der Waals surface area contributed by atoms with Crippen LogP contribution in [0.15, 0.2) is 35.5 Å². The van der Waals surface area contributed by atoms with E-state index >= 15 is 0 Å². The molecule has 0 spiro atoms. The number of aromatic nitrogens is 4. The molecular weight excluding hydrogens is 350 g/mol. The van der Waals surface area contributed by atoms with Crippen molar-refractivity contribution in [2.45, 2.75) is 38.1 Å². The fourth-order valence-corrected chi connectivity index (χ4v) is 3.24. The largest absolute Gasteiger partial charge is 0.492 e. The third kappa shape index (κ3) is 3.96. The molecule has 3 aromatic rings. The molecule has 1 aromatic carbocycles. The van der Waals surface area contributed by atoms with Crippen molar-refractivity contribution in [2.24, 2.45) is 0 Å². The number of carbonyl (C=O) groups is 1. The minimum atomic E-state index is -0.372. The van der Waals surface area contributed by atoms with Crippen LogP contribution in [0, 0.1) is 13.8 Å². The maximum absolute atomic E-state index is 12.5. The molecule has 1 amide bonds. The van der Waals surface area contributed by atoms with Crippen LogP contribution in [-0.2, 0) is 4.79 Å². The minimum absolute atomic E-state index is 0.137. The molecule has 3 rings (SSSR count). The number of para-hydroxylation sites is 2. The average Bonchev–Trinajstić information content (AvgIpc) is 2.99. The molecule has 0 aliphatic rings. The van der Waals surface area contributed by atoms with Crippen LogP contribution in [-0.4, -0.2) is 37.3 Å². The summed E-state index contributed by atoms with van der Waals surface area (Å²) in [6.07, 6.45) is 0. The Bertz CT molecular complexity index is 940. The molecule has 0 aliphatic heterocycles. The van der Waals surface area contributed by atoms with Gasteiger partial charge in [0.25, 0.3) is 5.78 Å². The van der Waals surface area contributed by atoms with E-state index in [1.54, 1.807) is 4.52 Å². The van der Waals surface area contributed by atoms with E-state index in [1.807, 2.05) is 58.0 Å². The van der Waals surface area contributed by atoms with Crippen molar-refractivity contribution in [3.8, 4) is 5.75 Å². The van der Waals surface area contributed by atoms with E-state index in [2.05, 4.69) is 20.4 Å². The Balaban J connectivity index is 1.73. The van der Waals surface area contributed by atoms with Gasteiger partial charge in [0.15, 0.2) is 0 Å². The topological polar surface area (TPSA) is 81.4 Å². The molecule has 1 N–H and O–H groups in total. The molecule has 7 nitrogen and oxygen atoms in total. The lowest BCUT2D eigenvalue weighted by Crippen LogP contribution is -2.23. The number of carbonyl (C=O) groups excluding carboxylic acids is 1. The first-order valence-corrected chi connectivity index (χ1v) is 9.26. The standard InChI is InChI=1S/C18H21N5O2S/c1-5-25-15-9-7-6-8-14(15)20-16(24)13(4)26-18-21-17-19-11(2)10-12(3)23(17)22-18/h6-10,13H,5H2,1-4H3,(H,20,24). The van der Waals surface area contributed by atoms with Gasteiger partial charge in [0, 0.05) is 11.4 Å². The summed E-state index contributed by atoms with van der Waals surface area (Å²) in [6, 6.07) is 9.32. The van der Waals surface area contributed by atoms with Crippen LogP contribution in [0.1, 0.15) is 25.2 Å². The SMILES string of the molecule is CCOc1ccccc1NC(=O)C(C)Sc1nc2nc(C)cc(C)n2n1. The Hall–Kier alpha value is -2.61. The normalized spacial score (nSPS) is 12.2. The van der Waals surface area contributed by atoms with Gasteiger partial charge in [0.05, 0.1) is 17.5 Å². The summed E-state index contributed by atoms with van der Waals surface area (Å²) in [5, 5.41) is 7.49. The van der Waals surface area contributed by atoms with E-state index in [1.165, 1.54) is 11.8 Å². The summed E-state index contributed by atoms with van der Waals surface area (Å²) in [7, 11) is 0. The van der Waals surface area contributed by atoms with Crippen molar-refractivity contribution < 1.29 is 9.53 Å². The summed E-state index contributed by atoms with van der Waals surface area (Å²) in [5.41, 5.74) is 2.50. The number of anilines is 1. The van der Waals surface area contributed by atoms with E-state index in [0.29, 0.717) is 29.0 Å². The lowest BCUT2D eigenvalue weighted by Gasteiger charge is -2.13. The van der Waals surface area contributed by atoms with E-state index in [4.69, 9.17) is 4.74 Å². The number of fused-ring (bicyclic) bond motifs is 1. The van der Waals surface area contributed by atoms with Crippen molar-refractivity contribution in [1.29, 1.82) is 0 Å². The summed E-state index contributed by atoms with van der Waals surface area (Å²) >= 11 is 1.29. The number of hydrogen-bond acceptors (Lipinski definition) is 6. The third-order valence-corrected chi connectivity index (χ3v) is 4.65. The van der Waals surface area contributed by atoms with Gasteiger partial charge >= 0.3 is 0 Å². The number of nitrogens with one attached hydrogen (secondary N) is 1. The molecular formula is C18H21N5O2S. The number of amides is 1. The average molecular weight is 371 g/mol. The summed E-state index contributed by atoms with van der Waals surface area (Å²) < 4.78 is 7.23. The molecule has 1 unspecified atom stereocenters. The highest BCUT2D eigenvalue weighted by Crippen LogP contribution is 2.26. The molecule has 8 heteroatoms. The van der Waals surface area contributed by atoms with E-state index in [-0.39, 0.29) is 11.2 Å². The van der Waals surface area contributed by atoms with Gasteiger partial charge in [-0.25, -0.2) is 9.50 Å². The highest BCUT2D eigenvalue weighted by molar-refractivity contribution is 8.00. The monoisotopic (exact) mass is 371 g/mol. The number of benzene rings is 1. The Morgan fingerprint density at radius 3 is 2.85 bits per heavy atom. The summed E-state index contributed by atoms with van der Waals surface area (Å²) in [4.78, 5) is 21.3. The van der Waals surface area contributed by atoms with Gasteiger partial charge in [-0.2, -0.15) is 4.98 Å². The Morgan fingerprint density at radius 1 is 1.31 bits per heavy atom. The molecule has 1 atom stereocenters. The van der Waals surface area contributed by atoms with E-state index in [0.717, 1.165) is 11.4 Å². The van der Waals surface area contributed by atoms with Crippen LogP contribution in [0.25, 0.3) is 5.78 Å². The van der Waals surface area contributed by atoms with Gasteiger partial charge in [0.1, 0.15) is 5.75 Å². The lowest BCUT2D eigenvalue weighted by molar-refractivity contribution is -0.115. The minimum Gasteiger partial charge on any atom is -0.492 e. The van der Waals surface area contributed by atoms with Gasteiger partial charge < -0.3 is 10.1 Å². The number of rotatable bonds is 6. The van der Waals surface area contributed by atoms with Crippen LogP contribution in [0.4, 0.5) is 5.69 Å². The smallest absolute Gasteiger partial charge is 0.253 e. The molecule has 0 saturated carbocycles. The Kier molecular flexibility index (Phi) is 5.41. The number of ether oxygens (including phenoxy) is 1. The first-order chi connectivity index (χ1) is 12.5. The molecule has 26 heavy (non-hydrogen) atoms. The van der Waals surface area contributed by atoms with E-state index < -0.39 is 0 Å². The first kappa shape index (κ1) is 18.2. The molecule has 0 radical (unpaired) electrons. The van der Waals surface area contributed by atoms with Crippen LogP contribution in [0.5, 0.6) is 5.75 Å². The molecule has 0 aliphatic carbocycles.